The van der Waals surface area contributed by atoms with E-state index in [-0.39, 0.29) is 10.8 Å². The Kier molecular flexibility index (Phi) is 6.19. The number of amides is 1. The fourth-order valence-electron chi connectivity index (χ4n) is 4.53. The van der Waals surface area contributed by atoms with Gasteiger partial charge in [-0.3, -0.25) is 9.52 Å². The van der Waals surface area contributed by atoms with Gasteiger partial charge in [-0.05, 0) is 67.0 Å². The fraction of sp³-hybridized carbons (Fsp3) is 0.400. The van der Waals surface area contributed by atoms with E-state index in [2.05, 4.69) is 16.6 Å². The summed E-state index contributed by atoms with van der Waals surface area (Å²) in [5.74, 6) is 0.545. The highest BCUT2D eigenvalue weighted by Crippen LogP contribution is 2.48. The van der Waals surface area contributed by atoms with Crippen molar-refractivity contribution >= 4 is 21.6 Å². The first-order valence-corrected chi connectivity index (χ1v) is 12.6. The van der Waals surface area contributed by atoms with Crippen LogP contribution in [0.5, 0.6) is 0 Å². The van der Waals surface area contributed by atoms with Crippen molar-refractivity contribution in [1.29, 1.82) is 0 Å². The zero-order valence-electron chi connectivity index (χ0n) is 17.8. The molecule has 5 nitrogen and oxygen atoms in total. The molecule has 2 saturated carbocycles. The highest BCUT2D eigenvalue weighted by Gasteiger charge is 2.50. The van der Waals surface area contributed by atoms with E-state index in [0.29, 0.717) is 18.2 Å². The minimum absolute atomic E-state index is 0.00112. The van der Waals surface area contributed by atoms with Crippen LogP contribution in [0.2, 0.25) is 0 Å². The second kappa shape index (κ2) is 8.87. The van der Waals surface area contributed by atoms with E-state index in [4.69, 9.17) is 0 Å². The lowest BCUT2D eigenvalue weighted by atomic mass is 9.84. The molecule has 2 fully saturated rings. The molecule has 164 valence electrons. The summed E-state index contributed by atoms with van der Waals surface area (Å²) in [7, 11) is -3.66. The van der Waals surface area contributed by atoms with Gasteiger partial charge in [0.15, 0.2) is 0 Å². The average molecular weight is 439 g/mol. The number of rotatable bonds is 8. The molecule has 2 aliphatic rings. The first-order chi connectivity index (χ1) is 14.9. The maximum atomic E-state index is 12.8. The van der Waals surface area contributed by atoms with Crippen molar-refractivity contribution in [3.63, 3.8) is 0 Å². The van der Waals surface area contributed by atoms with Crippen LogP contribution in [0.4, 0.5) is 5.69 Å². The molecule has 0 aromatic heterocycles. The van der Waals surface area contributed by atoms with Crippen LogP contribution in [-0.4, -0.2) is 20.9 Å². The standard InChI is InChI=1S/C25H30N2O3S/c1-2-18-26-24(28)25(16-17-25)21-10-12-22(13-11-21)27-31(29,30)23-14-8-20(9-15-23)19-6-4-3-5-7-19/h2,8-15,19,27H,1,3-7,16-18H2,(H,26,28). The van der Waals surface area contributed by atoms with Crippen molar-refractivity contribution in [1.82, 2.24) is 5.32 Å². The Labute approximate surface area is 185 Å². The van der Waals surface area contributed by atoms with Crippen molar-refractivity contribution in [2.24, 2.45) is 0 Å². The van der Waals surface area contributed by atoms with Gasteiger partial charge in [-0.1, -0.05) is 49.6 Å². The topological polar surface area (TPSA) is 75.3 Å². The number of carbonyl (C=O) groups is 1. The number of anilines is 1. The second-order valence-corrected chi connectivity index (χ2v) is 10.4. The van der Waals surface area contributed by atoms with Crippen molar-refractivity contribution in [3.05, 3.63) is 72.3 Å². The number of sulfonamides is 1. The molecule has 0 spiro atoms. The third-order valence-electron chi connectivity index (χ3n) is 6.55. The monoisotopic (exact) mass is 438 g/mol. The van der Waals surface area contributed by atoms with E-state index in [1.165, 1.54) is 37.7 Å². The highest BCUT2D eigenvalue weighted by atomic mass is 32.2. The van der Waals surface area contributed by atoms with Gasteiger partial charge in [0.1, 0.15) is 0 Å². The van der Waals surface area contributed by atoms with E-state index < -0.39 is 15.4 Å². The Hall–Kier alpha value is -2.60. The molecule has 6 heteroatoms. The van der Waals surface area contributed by atoms with Gasteiger partial charge in [-0.25, -0.2) is 8.42 Å². The average Bonchev–Trinajstić information content (AvgIpc) is 3.60. The largest absolute Gasteiger partial charge is 0.352 e. The summed E-state index contributed by atoms with van der Waals surface area (Å²) < 4.78 is 28.3. The number of nitrogens with one attached hydrogen (secondary N) is 2. The molecule has 2 aromatic rings. The van der Waals surface area contributed by atoms with Crippen molar-refractivity contribution in [2.45, 2.75) is 61.2 Å². The molecule has 2 aliphatic carbocycles. The van der Waals surface area contributed by atoms with Gasteiger partial charge < -0.3 is 5.32 Å². The SMILES string of the molecule is C=CCNC(=O)C1(c2ccc(NS(=O)(=O)c3ccc(C4CCCCC4)cc3)cc2)CC1. The first kappa shape index (κ1) is 21.6. The molecular weight excluding hydrogens is 408 g/mol. The van der Waals surface area contributed by atoms with Gasteiger partial charge in [0.05, 0.1) is 10.3 Å². The van der Waals surface area contributed by atoms with Crippen molar-refractivity contribution < 1.29 is 13.2 Å². The maximum Gasteiger partial charge on any atom is 0.261 e. The maximum absolute atomic E-state index is 12.8. The van der Waals surface area contributed by atoms with Crippen LogP contribution in [0.3, 0.4) is 0 Å². The summed E-state index contributed by atoms with van der Waals surface area (Å²) >= 11 is 0. The lowest BCUT2D eigenvalue weighted by molar-refractivity contribution is -0.123. The number of hydrogen-bond donors (Lipinski definition) is 2. The van der Waals surface area contributed by atoms with E-state index in [0.717, 1.165) is 18.4 Å². The second-order valence-electron chi connectivity index (χ2n) is 8.67. The Morgan fingerprint density at radius 2 is 1.65 bits per heavy atom. The smallest absolute Gasteiger partial charge is 0.261 e. The van der Waals surface area contributed by atoms with Crippen LogP contribution in [0.1, 0.15) is 62.0 Å². The molecular formula is C25H30N2O3S. The summed E-state index contributed by atoms with van der Waals surface area (Å²) in [5, 5.41) is 2.87. The Balaban J connectivity index is 1.43. The zero-order chi connectivity index (χ0) is 21.9. The van der Waals surface area contributed by atoms with Crippen LogP contribution >= 0.6 is 0 Å². The third kappa shape index (κ3) is 4.69. The van der Waals surface area contributed by atoms with Crippen molar-refractivity contribution in [3.8, 4) is 0 Å². The molecule has 2 N–H and O–H groups in total. The molecule has 0 atom stereocenters. The van der Waals surface area contributed by atoms with Crippen LogP contribution < -0.4 is 10.0 Å². The van der Waals surface area contributed by atoms with Gasteiger partial charge in [0.2, 0.25) is 5.91 Å². The zero-order valence-corrected chi connectivity index (χ0v) is 18.6. The Morgan fingerprint density at radius 1 is 1.00 bits per heavy atom. The summed E-state index contributed by atoms with van der Waals surface area (Å²) in [6, 6.07) is 14.4. The predicted molar refractivity (Wildman–Crippen MR) is 124 cm³/mol. The highest BCUT2D eigenvalue weighted by molar-refractivity contribution is 7.92. The molecule has 31 heavy (non-hydrogen) atoms. The first-order valence-electron chi connectivity index (χ1n) is 11.1. The van der Waals surface area contributed by atoms with Crippen LogP contribution in [0, 0.1) is 0 Å². The quantitative estimate of drug-likeness (QED) is 0.578. The Morgan fingerprint density at radius 3 is 2.23 bits per heavy atom. The minimum Gasteiger partial charge on any atom is -0.352 e. The predicted octanol–water partition coefficient (Wildman–Crippen LogP) is 4.87. The summed E-state index contributed by atoms with van der Waals surface area (Å²) in [6.07, 6.45) is 9.43. The molecule has 0 aliphatic heterocycles. The van der Waals surface area contributed by atoms with Gasteiger partial charge in [0, 0.05) is 12.2 Å². The van der Waals surface area contributed by atoms with Gasteiger partial charge >= 0.3 is 0 Å². The fourth-order valence-corrected chi connectivity index (χ4v) is 5.59. The number of hydrogen-bond acceptors (Lipinski definition) is 3. The van der Waals surface area contributed by atoms with Gasteiger partial charge in [0.25, 0.3) is 10.0 Å². The summed E-state index contributed by atoms with van der Waals surface area (Å²) in [4.78, 5) is 12.7. The number of benzene rings is 2. The van der Waals surface area contributed by atoms with E-state index >= 15 is 0 Å². The normalized spacial score (nSPS) is 18.2. The lowest BCUT2D eigenvalue weighted by Gasteiger charge is -2.22. The van der Waals surface area contributed by atoms with Crippen LogP contribution in [0.15, 0.2) is 66.1 Å². The Bertz CT molecular complexity index is 1030. The molecule has 2 aromatic carbocycles. The van der Waals surface area contributed by atoms with Crippen LogP contribution in [0.25, 0.3) is 0 Å². The van der Waals surface area contributed by atoms with Gasteiger partial charge in [-0.15, -0.1) is 6.58 Å². The molecule has 0 bridgehead atoms. The summed E-state index contributed by atoms with van der Waals surface area (Å²) in [5.41, 5.74) is 2.14. The number of carbonyl (C=O) groups excluding carboxylic acids is 1. The van der Waals surface area contributed by atoms with E-state index in [9.17, 15) is 13.2 Å². The van der Waals surface area contributed by atoms with E-state index in [1.807, 2.05) is 24.3 Å². The molecule has 0 unspecified atom stereocenters. The molecule has 0 saturated heterocycles. The molecule has 0 heterocycles. The third-order valence-corrected chi connectivity index (χ3v) is 7.95. The van der Waals surface area contributed by atoms with Gasteiger partial charge in [-0.2, -0.15) is 0 Å². The molecule has 0 radical (unpaired) electrons. The molecule has 4 rings (SSSR count). The minimum atomic E-state index is -3.66. The summed E-state index contributed by atoms with van der Waals surface area (Å²) in [6.45, 7) is 4.07. The van der Waals surface area contributed by atoms with Crippen LogP contribution in [-0.2, 0) is 20.2 Å². The lowest BCUT2D eigenvalue weighted by Crippen LogP contribution is -2.34. The van der Waals surface area contributed by atoms with E-state index in [1.54, 1.807) is 30.3 Å². The van der Waals surface area contributed by atoms with Crippen molar-refractivity contribution in [2.75, 3.05) is 11.3 Å². The molecule has 1 amide bonds.